The molecule has 2 rings (SSSR count). The lowest BCUT2D eigenvalue weighted by Gasteiger charge is -2.28. The molecule has 1 atom stereocenters. The lowest BCUT2D eigenvalue weighted by atomic mass is 10.1. The summed E-state index contributed by atoms with van der Waals surface area (Å²) in [4.78, 5) is 13.5. The number of aliphatic hydroxyl groups is 1. The van der Waals surface area contributed by atoms with E-state index in [2.05, 4.69) is 4.90 Å². The molecule has 6 nitrogen and oxygen atoms in total. The van der Waals surface area contributed by atoms with Gasteiger partial charge in [0.15, 0.2) is 17.3 Å². The van der Waals surface area contributed by atoms with Gasteiger partial charge in [0.25, 0.3) is 0 Å². The Kier molecular flexibility index (Phi) is 6.18. The van der Waals surface area contributed by atoms with Crippen molar-refractivity contribution in [2.45, 2.75) is 13.0 Å². The highest BCUT2D eigenvalue weighted by Gasteiger charge is 2.16. The Hall–Kier alpha value is -1.63. The Balaban J connectivity index is 1.88. The van der Waals surface area contributed by atoms with E-state index in [1.165, 1.54) is 14.0 Å². The Morgan fingerprint density at radius 2 is 2.09 bits per heavy atom. The number of morpholine rings is 1. The van der Waals surface area contributed by atoms with Crippen LogP contribution in [-0.4, -0.2) is 68.5 Å². The van der Waals surface area contributed by atoms with E-state index in [0.717, 1.165) is 13.1 Å². The number of hydrogen-bond donors (Lipinski definition) is 1. The molecule has 0 saturated carbocycles. The third kappa shape index (κ3) is 4.69. The van der Waals surface area contributed by atoms with E-state index in [1.807, 2.05) is 0 Å². The molecule has 0 spiro atoms. The van der Waals surface area contributed by atoms with Crippen LogP contribution in [0.3, 0.4) is 0 Å². The zero-order chi connectivity index (χ0) is 15.9. The van der Waals surface area contributed by atoms with E-state index in [1.54, 1.807) is 18.2 Å². The Bertz CT molecular complexity index is 499. The Labute approximate surface area is 130 Å². The monoisotopic (exact) mass is 309 g/mol. The first kappa shape index (κ1) is 16.7. The molecule has 1 fully saturated rings. The summed E-state index contributed by atoms with van der Waals surface area (Å²) in [5, 5.41) is 10.1. The fraction of sp³-hybridized carbons (Fsp3) is 0.562. The topological polar surface area (TPSA) is 68.2 Å². The number of carbonyl (C=O) groups is 1. The quantitative estimate of drug-likeness (QED) is 0.757. The largest absolute Gasteiger partial charge is 0.493 e. The van der Waals surface area contributed by atoms with E-state index in [-0.39, 0.29) is 12.4 Å². The van der Waals surface area contributed by atoms with E-state index in [9.17, 15) is 9.90 Å². The molecular formula is C16H23NO5. The number of ketones is 1. The maximum Gasteiger partial charge on any atom is 0.161 e. The summed E-state index contributed by atoms with van der Waals surface area (Å²) in [7, 11) is 1.52. The fourth-order valence-electron chi connectivity index (χ4n) is 2.33. The van der Waals surface area contributed by atoms with Crippen molar-refractivity contribution in [2.75, 3.05) is 46.6 Å². The summed E-state index contributed by atoms with van der Waals surface area (Å²) < 4.78 is 16.1. The van der Waals surface area contributed by atoms with Gasteiger partial charge in [-0.3, -0.25) is 9.69 Å². The molecular weight excluding hydrogens is 286 g/mol. The van der Waals surface area contributed by atoms with Crippen molar-refractivity contribution in [2.24, 2.45) is 0 Å². The third-order valence-electron chi connectivity index (χ3n) is 3.57. The molecule has 1 saturated heterocycles. The molecule has 1 aromatic carbocycles. The number of carbonyl (C=O) groups excluding carboxylic acids is 1. The summed E-state index contributed by atoms with van der Waals surface area (Å²) in [6.07, 6.45) is -0.588. The van der Waals surface area contributed by atoms with Gasteiger partial charge in [-0.1, -0.05) is 0 Å². The molecule has 0 aliphatic carbocycles. The second-order valence-corrected chi connectivity index (χ2v) is 5.30. The van der Waals surface area contributed by atoms with Crippen LogP contribution in [0.25, 0.3) is 0 Å². The molecule has 122 valence electrons. The summed E-state index contributed by atoms with van der Waals surface area (Å²) in [6.45, 7) is 5.29. The number of rotatable bonds is 7. The highest BCUT2D eigenvalue weighted by Crippen LogP contribution is 2.28. The van der Waals surface area contributed by atoms with Crippen LogP contribution in [-0.2, 0) is 4.74 Å². The predicted octanol–water partition coefficient (Wildman–Crippen LogP) is 0.970. The zero-order valence-electron chi connectivity index (χ0n) is 13.1. The van der Waals surface area contributed by atoms with Crippen molar-refractivity contribution in [3.05, 3.63) is 23.8 Å². The SMILES string of the molecule is COc1cc(C(C)=O)ccc1OCC(O)CN1CCOCC1. The molecule has 1 unspecified atom stereocenters. The van der Waals surface area contributed by atoms with Gasteiger partial charge < -0.3 is 19.3 Å². The number of aliphatic hydroxyl groups excluding tert-OH is 1. The summed E-state index contributed by atoms with van der Waals surface area (Å²) >= 11 is 0. The maximum atomic E-state index is 11.4. The maximum absolute atomic E-state index is 11.4. The van der Waals surface area contributed by atoms with Crippen LogP contribution in [0.5, 0.6) is 11.5 Å². The lowest BCUT2D eigenvalue weighted by molar-refractivity contribution is 0.00445. The van der Waals surface area contributed by atoms with Crippen molar-refractivity contribution in [1.29, 1.82) is 0 Å². The van der Waals surface area contributed by atoms with Gasteiger partial charge in [0.2, 0.25) is 0 Å². The molecule has 0 aromatic heterocycles. The number of ether oxygens (including phenoxy) is 3. The average Bonchev–Trinajstić information content (AvgIpc) is 2.53. The van der Waals surface area contributed by atoms with E-state index < -0.39 is 6.10 Å². The molecule has 6 heteroatoms. The minimum Gasteiger partial charge on any atom is -0.493 e. The third-order valence-corrected chi connectivity index (χ3v) is 3.57. The van der Waals surface area contributed by atoms with Crippen molar-refractivity contribution < 1.29 is 24.1 Å². The first-order valence-corrected chi connectivity index (χ1v) is 7.40. The van der Waals surface area contributed by atoms with Crippen molar-refractivity contribution in [3.63, 3.8) is 0 Å². The minimum absolute atomic E-state index is 0.0304. The normalized spacial score (nSPS) is 17.0. The lowest BCUT2D eigenvalue weighted by Crippen LogP contribution is -2.42. The van der Waals surface area contributed by atoms with Crippen LogP contribution in [0.2, 0.25) is 0 Å². The van der Waals surface area contributed by atoms with E-state index >= 15 is 0 Å². The van der Waals surface area contributed by atoms with Gasteiger partial charge in [0.1, 0.15) is 12.7 Å². The molecule has 1 aliphatic rings. The predicted molar refractivity (Wildman–Crippen MR) is 81.8 cm³/mol. The second-order valence-electron chi connectivity index (χ2n) is 5.30. The van der Waals surface area contributed by atoms with Crippen molar-refractivity contribution in [1.82, 2.24) is 4.90 Å². The van der Waals surface area contributed by atoms with Crippen LogP contribution in [0.15, 0.2) is 18.2 Å². The zero-order valence-corrected chi connectivity index (χ0v) is 13.1. The number of methoxy groups -OCH3 is 1. The van der Waals surface area contributed by atoms with Gasteiger partial charge in [-0.25, -0.2) is 0 Å². The molecule has 1 aliphatic heterocycles. The molecule has 0 amide bonds. The van der Waals surface area contributed by atoms with Crippen LogP contribution < -0.4 is 9.47 Å². The van der Waals surface area contributed by atoms with Gasteiger partial charge in [-0.15, -0.1) is 0 Å². The first-order valence-electron chi connectivity index (χ1n) is 7.40. The number of benzene rings is 1. The second kappa shape index (κ2) is 8.12. The van der Waals surface area contributed by atoms with Gasteiger partial charge >= 0.3 is 0 Å². The highest BCUT2D eigenvalue weighted by atomic mass is 16.5. The smallest absolute Gasteiger partial charge is 0.161 e. The summed E-state index contributed by atoms with van der Waals surface area (Å²) in [5.74, 6) is 0.983. The Morgan fingerprint density at radius 3 is 2.73 bits per heavy atom. The molecule has 22 heavy (non-hydrogen) atoms. The highest BCUT2D eigenvalue weighted by molar-refractivity contribution is 5.94. The van der Waals surface area contributed by atoms with Gasteiger partial charge in [0.05, 0.1) is 20.3 Å². The van der Waals surface area contributed by atoms with Gasteiger partial charge in [-0.05, 0) is 25.1 Å². The molecule has 1 N–H and O–H groups in total. The first-order chi connectivity index (χ1) is 10.6. The van der Waals surface area contributed by atoms with Crippen LogP contribution in [0, 0.1) is 0 Å². The molecule has 1 heterocycles. The minimum atomic E-state index is -0.588. The summed E-state index contributed by atoms with van der Waals surface area (Å²) in [5.41, 5.74) is 0.568. The van der Waals surface area contributed by atoms with E-state index in [4.69, 9.17) is 14.2 Å². The van der Waals surface area contributed by atoms with Crippen molar-refractivity contribution >= 4 is 5.78 Å². The summed E-state index contributed by atoms with van der Waals surface area (Å²) in [6, 6.07) is 5.03. The van der Waals surface area contributed by atoms with E-state index in [0.29, 0.717) is 36.8 Å². The number of β-amino-alcohol motifs (C(OH)–C–C–N with tert-alkyl or cyclic N) is 1. The van der Waals surface area contributed by atoms with Crippen LogP contribution in [0.4, 0.5) is 0 Å². The Morgan fingerprint density at radius 1 is 1.36 bits per heavy atom. The number of nitrogens with zero attached hydrogens (tertiary/aromatic N) is 1. The number of Topliss-reactive ketones (excluding diaryl/α,β-unsaturated/α-hetero) is 1. The molecule has 0 bridgehead atoms. The molecule has 0 radical (unpaired) electrons. The van der Waals surface area contributed by atoms with Crippen LogP contribution >= 0.6 is 0 Å². The standard InChI is InChI=1S/C16H23NO5/c1-12(18)13-3-4-15(16(9-13)20-2)22-11-14(19)10-17-5-7-21-8-6-17/h3-4,9,14,19H,5-8,10-11H2,1-2H3. The van der Waals surface area contributed by atoms with Crippen molar-refractivity contribution in [3.8, 4) is 11.5 Å². The number of hydrogen-bond acceptors (Lipinski definition) is 6. The fourth-order valence-corrected chi connectivity index (χ4v) is 2.33. The average molecular weight is 309 g/mol. The van der Waals surface area contributed by atoms with Gasteiger partial charge in [-0.2, -0.15) is 0 Å². The van der Waals surface area contributed by atoms with Gasteiger partial charge in [0, 0.05) is 25.2 Å². The molecule has 1 aromatic rings. The van der Waals surface area contributed by atoms with Crippen LogP contribution in [0.1, 0.15) is 17.3 Å².